The Morgan fingerprint density at radius 2 is 1.81 bits per heavy atom. The number of benzene rings is 2. The smallest absolute Gasteiger partial charge is 0.231 e. The number of hydrogen-bond donors (Lipinski definition) is 2. The molecule has 1 unspecified atom stereocenters. The van der Waals surface area contributed by atoms with Crippen molar-refractivity contribution in [2.75, 3.05) is 6.79 Å². The lowest BCUT2D eigenvalue weighted by atomic mass is 9.93. The SMILES string of the molecule is Oc1c2n(c(=S)n1C1CCCC1)C(c1ccc3c(c1)OCO3)c1[nH]c3ccccc3c1C2. The summed E-state index contributed by atoms with van der Waals surface area (Å²) in [7, 11) is 0. The fraction of sp³-hybridized carbons (Fsp3) is 0.320. The Bertz CT molecular complexity index is 1440. The molecule has 0 radical (unpaired) electrons. The Labute approximate surface area is 190 Å². The number of fused-ring (bicyclic) bond motifs is 5. The average Bonchev–Trinajstić information content (AvgIpc) is 3.59. The van der Waals surface area contributed by atoms with Gasteiger partial charge in [0.05, 0.1) is 5.69 Å². The molecule has 2 aliphatic heterocycles. The summed E-state index contributed by atoms with van der Waals surface area (Å²) in [5.74, 6) is 1.83. The van der Waals surface area contributed by atoms with E-state index < -0.39 is 0 Å². The van der Waals surface area contributed by atoms with E-state index in [9.17, 15) is 5.11 Å². The molecule has 2 aromatic heterocycles. The van der Waals surface area contributed by atoms with Crippen molar-refractivity contribution in [1.29, 1.82) is 0 Å². The van der Waals surface area contributed by atoms with Crippen LogP contribution in [0.3, 0.4) is 0 Å². The van der Waals surface area contributed by atoms with Gasteiger partial charge in [-0.1, -0.05) is 37.1 Å². The molecule has 0 spiro atoms. The van der Waals surface area contributed by atoms with E-state index in [2.05, 4.69) is 33.8 Å². The van der Waals surface area contributed by atoms with Gasteiger partial charge in [-0.05, 0) is 54.4 Å². The Hall–Kier alpha value is -3.19. The van der Waals surface area contributed by atoms with Gasteiger partial charge in [-0.15, -0.1) is 0 Å². The number of para-hydroxylation sites is 1. The zero-order valence-electron chi connectivity index (χ0n) is 17.5. The molecular weight excluding hydrogens is 422 g/mol. The first-order valence-electron chi connectivity index (χ1n) is 11.2. The quantitative estimate of drug-likeness (QED) is 0.348. The van der Waals surface area contributed by atoms with Gasteiger partial charge in [0.15, 0.2) is 16.3 Å². The van der Waals surface area contributed by atoms with Crippen LogP contribution in [0.5, 0.6) is 17.4 Å². The number of aromatic hydroxyl groups is 1. The van der Waals surface area contributed by atoms with Crippen LogP contribution in [-0.2, 0) is 6.42 Å². The average molecular weight is 446 g/mol. The van der Waals surface area contributed by atoms with Crippen LogP contribution in [0.15, 0.2) is 42.5 Å². The normalized spacial score (nSPS) is 19.4. The minimum atomic E-state index is -0.170. The largest absolute Gasteiger partial charge is 0.493 e. The van der Waals surface area contributed by atoms with Crippen molar-refractivity contribution in [3.05, 3.63) is 69.8 Å². The van der Waals surface area contributed by atoms with Gasteiger partial charge in [0, 0.05) is 29.1 Å². The van der Waals surface area contributed by atoms with E-state index >= 15 is 0 Å². The van der Waals surface area contributed by atoms with E-state index in [0.29, 0.717) is 17.1 Å². The maximum atomic E-state index is 11.4. The van der Waals surface area contributed by atoms with Gasteiger partial charge >= 0.3 is 0 Å². The third-order valence-electron chi connectivity index (χ3n) is 7.31. The van der Waals surface area contributed by atoms with Gasteiger partial charge in [0.1, 0.15) is 6.04 Å². The summed E-state index contributed by atoms with van der Waals surface area (Å²) in [6.45, 7) is 0.241. The molecule has 1 saturated carbocycles. The highest BCUT2D eigenvalue weighted by atomic mass is 32.1. The van der Waals surface area contributed by atoms with Crippen molar-refractivity contribution in [3.63, 3.8) is 0 Å². The highest BCUT2D eigenvalue weighted by molar-refractivity contribution is 7.71. The molecule has 6 nitrogen and oxygen atoms in total. The second-order valence-corrected chi connectivity index (χ2v) is 9.35. The Kier molecular flexibility index (Phi) is 3.82. The summed E-state index contributed by atoms with van der Waals surface area (Å²) < 4.78 is 16.1. The van der Waals surface area contributed by atoms with Gasteiger partial charge in [0.2, 0.25) is 12.7 Å². The number of hydrogen-bond acceptors (Lipinski definition) is 4. The lowest BCUT2D eigenvalue weighted by Crippen LogP contribution is -2.22. The molecule has 1 fully saturated rings. The van der Waals surface area contributed by atoms with Gasteiger partial charge < -0.3 is 24.1 Å². The maximum Gasteiger partial charge on any atom is 0.231 e. The number of nitrogens with one attached hydrogen (secondary N) is 1. The van der Waals surface area contributed by atoms with Crippen molar-refractivity contribution in [3.8, 4) is 17.4 Å². The number of aromatic nitrogens is 3. The van der Waals surface area contributed by atoms with Crippen LogP contribution in [-0.4, -0.2) is 26.0 Å². The van der Waals surface area contributed by atoms with Gasteiger partial charge in [0.25, 0.3) is 0 Å². The number of rotatable bonds is 2. The lowest BCUT2D eigenvalue weighted by Gasteiger charge is -2.27. The molecule has 3 aliphatic rings. The van der Waals surface area contributed by atoms with E-state index in [-0.39, 0.29) is 18.9 Å². The van der Waals surface area contributed by atoms with Gasteiger partial charge in [-0.2, -0.15) is 0 Å². The number of H-pyrrole nitrogens is 1. The zero-order valence-corrected chi connectivity index (χ0v) is 18.3. The number of aromatic amines is 1. The Morgan fingerprint density at radius 1 is 1.00 bits per heavy atom. The predicted octanol–water partition coefficient (Wildman–Crippen LogP) is 5.59. The molecule has 32 heavy (non-hydrogen) atoms. The molecule has 2 N–H and O–H groups in total. The molecule has 0 amide bonds. The number of imidazole rings is 1. The molecule has 7 heteroatoms. The Balaban J connectivity index is 1.50. The van der Waals surface area contributed by atoms with E-state index in [1.54, 1.807) is 0 Å². The van der Waals surface area contributed by atoms with Crippen molar-refractivity contribution in [2.24, 2.45) is 0 Å². The third kappa shape index (κ3) is 2.43. The summed E-state index contributed by atoms with van der Waals surface area (Å²) >= 11 is 6.02. The minimum absolute atomic E-state index is 0.170. The predicted molar refractivity (Wildman–Crippen MR) is 123 cm³/mol. The molecule has 2 aromatic carbocycles. The third-order valence-corrected chi connectivity index (χ3v) is 7.71. The molecule has 7 rings (SSSR count). The molecule has 0 saturated heterocycles. The molecule has 4 heterocycles. The summed E-state index contributed by atoms with van der Waals surface area (Å²) in [6.07, 6.45) is 5.14. The summed E-state index contributed by atoms with van der Waals surface area (Å²) in [5.41, 5.74) is 5.39. The van der Waals surface area contributed by atoms with Crippen LogP contribution < -0.4 is 9.47 Å². The second-order valence-electron chi connectivity index (χ2n) is 8.99. The summed E-state index contributed by atoms with van der Waals surface area (Å²) in [5, 5.41) is 12.6. The lowest BCUT2D eigenvalue weighted by molar-refractivity contribution is 0.174. The summed E-state index contributed by atoms with van der Waals surface area (Å²) in [4.78, 5) is 3.67. The van der Waals surface area contributed by atoms with Crippen LogP contribution in [0, 0.1) is 4.77 Å². The number of nitrogens with zero attached hydrogens (tertiary/aromatic N) is 2. The topological polar surface area (TPSA) is 64.3 Å². The molecule has 1 aliphatic carbocycles. The zero-order chi connectivity index (χ0) is 21.4. The first-order chi connectivity index (χ1) is 15.7. The Morgan fingerprint density at radius 3 is 2.69 bits per heavy atom. The fourth-order valence-corrected chi connectivity index (χ4v) is 6.28. The minimum Gasteiger partial charge on any atom is -0.493 e. The highest BCUT2D eigenvalue weighted by Gasteiger charge is 2.36. The van der Waals surface area contributed by atoms with Crippen LogP contribution in [0.25, 0.3) is 10.9 Å². The van der Waals surface area contributed by atoms with Gasteiger partial charge in [-0.25, -0.2) is 0 Å². The first-order valence-corrected chi connectivity index (χ1v) is 11.6. The van der Waals surface area contributed by atoms with Crippen molar-refractivity contribution in [2.45, 2.75) is 44.2 Å². The summed E-state index contributed by atoms with van der Waals surface area (Å²) in [6, 6.07) is 14.6. The fourth-order valence-electron chi connectivity index (χ4n) is 5.83. The molecule has 162 valence electrons. The highest BCUT2D eigenvalue weighted by Crippen LogP contribution is 2.46. The van der Waals surface area contributed by atoms with Crippen molar-refractivity contribution in [1.82, 2.24) is 14.1 Å². The van der Waals surface area contributed by atoms with E-state index in [0.717, 1.165) is 46.8 Å². The van der Waals surface area contributed by atoms with Crippen LogP contribution in [0.2, 0.25) is 0 Å². The van der Waals surface area contributed by atoms with E-state index in [1.807, 2.05) is 22.8 Å². The maximum absolute atomic E-state index is 11.4. The number of ether oxygens (including phenoxy) is 2. The standard InChI is InChI=1S/C25H23N3O3S/c29-24-19-12-17-16-7-3-4-8-18(16)26-22(17)23(14-9-10-20-21(11-14)31-13-30-20)28(19)25(32)27(24)15-5-1-2-6-15/h3-4,7-11,15,23,26,29H,1-2,5-6,12-13H2. The molecule has 0 bridgehead atoms. The molecule has 4 aromatic rings. The van der Waals surface area contributed by atoms with E-state index in [4.69, 9.17) is 21.7 Å². The molecule has 1 atom stereocenters. The van der Waals surface area contributed by atoms with Crippen LogP contribution in [0.4, 0.5) is 0 Å². The second kappa shape index (κ2) is 6.65. The monoisotopic (exact) mass is 445 g/mol. The first kappa shape index (κ1) is 18.4. The van der Waals surface area contributed by atoms with Gasteiger partial charge in [-0.3, -0.25) is 4.57 Å². The molecular formula is C25H23N3O3S. The van der Waals surface area contributed by atoms with Crippen molar-refractivity contribution >= 4 is 23.1 Å². The van der Waals surface area contributed by atoms with E-state index in [1.165, 1.54) is 23.8 Å². The van der Waals surface area contributed by atoms with Crippen LogP contribution >= 0.6 is 12.2 Å². The van der Waals surface area contributed by atoms with Crippen LogP contribution in [0.1, 0.15) is 60.3 Å². The van der Waals surface area contributed by atoms with Crippen molar-refractivity contribution < 1.29 is 14.6 Å².